The highest BCUT2D eigenvalue weighted by Crippen LogP contribution is 2.32. The van der Waals surface area contributed by atoms with Crippen LogP contribution in [0.4, 0.5) is 0 Å². The molecule has 92 valence electrons. The van der Waals surface area contributed by atoms with Crippen molar-refractivity contribution >= 4 is 0 Å². The molecule has 0 heteroatoms. The van der Waals surface area contributed by atoms with Crippen molar-refractivity contribution < 1.29 is 0 Å². The molecule has 0 aliphatic heterocycles. The van der Waals surface area contributed by atoms with Crippen molar-refractivity contribution in [3.8, 4) is 0 Å². The molecule has 0 spiro atoms. The van der Waals surface area contributed by atoms with Gasteiger partial charge in [-0.1, -0.05) is 77.5 Å². The van der Waals surface area contributed by atoms with E-state index in [2.05, 4.69) is 53.2 Å². The highest BCUT2D eigenvalue weighted by atomic mass is 14.2. The fraction of sp³-hybridized carbons (Fsp3) is 0.294. The van der Waals surface area contributed by atoms with Crippen LogP contribution in [0, 0.1) is 5.41 Å². The van der Waals surface area contributed by atoms with Gasteiger partial charge in [-0.2, -0.15) is 0 Å². The summed E-state index contributed by atoms with van der Waals surface area (Å²) in [6.07, 6.45) is 10.5. The topological polar surface area (TPSA) is 0 Å². The Bertz CT molecular complexity index is 363. The van der Waals surface area contributed by atoms with Gasteiger partial charge in [0.25, 0.3) is 0 Å². The molecular weight excluding hydrogens is 204 g/mol. The van der Waals surface area contributed by atoms with Gasteiger partial charge >= 0.3 is 0 Å². The summed E-state index contributed by atoms with van der Waals surface area (Å²) in [5, 5.41) is 0. The van der Waals surface area contributed by atoms with Crippen LogP contribution >= 0.6 is 0 Å². The molecule has 0 aliphatic rings. The Morgan fingerprint density at radius 2 is 1.35 bits per heavy atom. The zero-order chi connectivity index (χ0) is 13.5. The first kappa shape index (κ1) is 15.4. The predicted octanol–water partition coefficient (Wildman–Crippen LogP) is 5.39. The van der Waals surface area contributed by atoms with E-state index >= 15 is 0 Å². The molecule has 0 aromatic rings. The summed E-state index contributed by atoms with van der Waals surface area (Å²) < 4.78 is 0. The van der Waals surface area contributed by atoms with E-state index in [1.807, 2.05) is 12.2 Å². The Hall–Kier alpha value is -1.56. The third-order valence-corrected chi connectivity index (χ3v) is 3.19. The molecule has 0 rings (SSSR count). The predicted molar refractivity (Wildman–Crippen MR) is 80.0 cm³/mol. The normalized spacial score (nSPS) is 11.6. The average Bonchev–Trinajstić information content (AvgIpc) is 2.34. The first-order chi connectivity index (χ1) is 7.96. The maximum Gasteiger partial charge on any atom is -0.0106 e. The zero-order valence-corrected chi connectivity index (χ0v) is 11.4. The standard InChI is InChI=1S/C17H24/c1-8-14(9-2)15(10-3)13-16(11-4)17(6,7)12-5/h8-11,13H,1-4,12H2,5-7H3/b16-13+. The Morgan fingerprint density at radius 3 is 1.65 bits per heavy atom. The van der Waals surface area contributed by atoms with Gasteiger partial charge in [-0.3, -0.25) is 0 Å². The van der Waals surface area contributed by atoms with E-state index in [-0.39, 0.29) is 5.41 Å². The van der Waals surface area contributed by atoms with E-state index in [9.17, 15) is 0 Å². The maximum atomic E-state index is 3.90. The van der Waals surface area contributed by atoms with Crippen LogP contribution < -0.4 is 0 Å². The first-order valence-corrected chi connectivity index (χ1v) is 5.93. The van der Waals surface area contributed by atoms with Crippen LogP contribution in [-0.2, 0) is 0 Å². The molecule has 0 heterocycles. The smallest absolute Gasteiger partial charge is 0.0106 e. The van der Waals surface area contributed by atoms with Crippen LogP contribution in [0.1, 0.15) is 27.2 Å². The van der Waals surface area contributed by atoms with Crippen LogP contribution in [0.25, 0.3) is 0 Å². The fourth-order valence-electron chi connectivity index (χ4n) is 1.48. The van der Waals surface area contributed by atoms with Crippen LogP contribution in [0.5, 0.6) is 0 Å². The quantitative estimate of drug-likeness (QED) is 0.512. The summed E-state index contributed by atoms with van der Waals surface area (Å²) in [4.78, 5) is 0. The second kappa shape index (κ2) is 6.90. The van der Waals surface area contributed by atoms with Crippen molar-refractivity contribution in [2.75, 3.05) is 0 Å². The Morgan fingerprint density at radius 1 is 0.882 bits per heavy atom. The number of hydrogen-bond donors (Lipinski definition) is 0. The molecule has 0 radical (unpaired) electrons. The Labute approximate surface area is 106 Å². The molecule has 0 fully saturated rings. The molecule has 0 saturated carbocycles. The maximum absolute atomic E-state index is 3.90. The summed E-state index contributed by atoms with van der Waals surface area (Å²) in [7, 11) is 0. The largest absolute Gasteiger partial charge is 0.0988 e. The third-order valence-electron chi connectivity index (χ3n) is 3.19. The van der Waals surface area contributed by atoms with Gasteiger partial charge in [-0.05, 0) is 28.6 Å². The molecule has 0 amide bonds. The highest BCUT2D eigenvalue weighted by Gasteiger charge is 2.18. The summed E-state index contributed by atoms with van der Waals surface area (Å²) >= 11 is 0. The minimum atomic E-state index is 0.115. The van der Waals surface area contributed by atoms with E-state index in [0.717, 1.165) is 17.6 Å². The molecule has 0 bridgehead atoms. The summed E-state index contributed by atoms with van der Waals surface area (Å²) in [6.45, 7) is 21.9. The third kappa shape index (κ3) is 4.07. The molecule has 0 aliphatic carbocycles. The van der Waals surface area contributed by atoms with Crippen molar-refractivity contribution in [1.29, 1.82) is 0 Å². The van der Waals surface area contributed by atoms with Crippen molar-refractivity contribution in [2.24, 2.45) is 5.41 Å². The molecule has 0 unspecified atom stereocenters. The summed E-state index contributed by atoms with van der Waals surface area (Å²) in [5.41, 5.74) is 3.34. The lowest BCUT2D eigenvalue weighted by atomic mass is 9.80. The Balaban J connectivity index is 5.69. The summed E-state index contributed by atoms with van der Waals surface area (Å²) in [6, 6.07) is 0. The molecule has 0 aromatic heterocycles. The van der Waals surface area contributed by atoms with Crippen LogP contribution in [0.2, 0.25) is 0 Å². The Kier molecular flexibility index (Phi) is 6.27. The monoisotopic (exact) mass is 228 g/mol. The van der Waals surface area contributed by atoms with Crippen molar-refractivity contribution in [1.82, 2.24) is 0 Å². The van der Waals surface area contributed by atoms with Crippen LogP contribution in [0.3, 0.4) is 0 Å². The van der Waals surface area contributed by atoms with Gasteiger partial charge in [0.05, 0.1) is 0 Å². The fourth-order valence-corrected chi connectivity index (χ4v) is 1.48. The number of allylic oxidation sites excluding steroid dienone is 8. The van der Waals surface area contributed by atoms with E-state index in [4.69, 9.17) is 0 Å². The van der Waals surface area contributed by atoms with E-state index in [1.165, 1.54) is 5.57 Å². The van der Waals surface area contributed by atoms with Crippen molar-refractivity contribution in [3.63, 3.8) is 0 Å². The highest BCUT2D eigenvalue weighted by molar-refractivity contribution is 5.48. The second-order valence-electron chi connectivity index (χ2n) is 4.56. The average molecular weight is 228 g/mol. The van der Waals surface area contributed by atoms with Gasteiger partial charge in [0, 0.05) is 0 Å². The van der Waals surface area contributed by atoms with Gasteiger partial charge in [0.2, 0.25) is 0 Å². The molecule has 0 N–H and O–H groups in total. The molecule has 0 aromatic carbocycles. The van der Waals surface area contributed by atoms with Gasteiger partial charge in [-0.25, -0.2) is 0 Å². The van der Waals surface area contributed by atoms with Gasteiger partial charge < -0.3 is 0 Å². The molecule has 0 saturated heterocycles. The summed E-state index contributed by atoms with van der Waals surface area (Å²) in [5.74, 6) is 0. The van der Waals surface area contributed by atoms with Gasteiger partial charge in [0.15, 0.2) is 0 Å². The number of hydrogen-bond acceptors (Lipinski definition) is 0. The lowest BCUT2D eigenvalue weighted by Gasteiger charge is -2.24. The van der Waals surface area contributed by atoms with E-state index < -0.39 is 0 Å². The number of rotatable bonds is 7. The second-order valence-corrected chi connectivity index (χ2v) is 4.56. The zero-order valence-electron chi connectivity index (χ0n) is 11.4. The minimum Gasteiger partial charge on any atom is -0.0988 e. The van der Waals surface area contributed by atoms with Gasteiger partial charge in [-0.15, -0.1) is 0 Å². The molecule has 17 heavy (non-hydrogen) atoms. The first-order valence-electron chi connectivity index (χ1n) is 5.93. The van der Waals surface area contributed by atoms with Crippen molar-refractivity contribution in [2.45, 2.75) is 27.2 Å². The molecule has 0 atom stereocenters. The minimum absolute atomic E-state index is 0.115. The van der Waals surface area contributed by atoms with Crippen LogP contribution in [0.15, 0.2) is 73.4 Å². The lowest BCUT2D eigenvalue weighted by molar-refractivity contribution is 0.440. The van der Waals surface area contributed by atoms with Gasteiger partial charge in [0.1, 0.15) is 0 Å². The lowest BCUT2D eigenvalue weighted by Crippen LogP contribution is -2.12. The van der Waals surface area contributed by atoms with E-state index in [1.54, 1.807) is 12.2 Å². The molecular formula is C17H24. The van der Waals surface area contributed by atoms with E-state index in [0.29, 0.717) is 0 Å². The molecule has 0 nitrogen and oxygen atoms in total. The van der Waals surface area contributed by atoms with Crippen molar-refractivity contribution in [3.05, 3.63) is 73.4 Å². The van der Waals surface area contributed by atoms with Crippen LogP contribution in [-0.4, -0.2) is 0 Å². The SMILES string of the molecule is C=CC(C=C)=C(C=C)/C=C(\C=C)C(C)(C)CC.